The van der Waals surface area contributed by atoms with E-state index in [-0.39, 0.29) is 11.3 Å². The number of nitro groups is 1. The number of nitro benzene ring substituents is 1. The van der Waals surface area contributed by atoms with Crippen LogP contribution in [0.4, 0.5) is 11.4 Å². The lowest BCUT2D eigenvalue weighted by molar-refractivity contribution is -0.385. The average Bonchev–Trinajstić information content (AvgIpc) is 3.24. The van der Waals surface area contributed by atoms with E-state index < -0.39 is 10.9 Å². The molecular weight excluding hydrogens is 274 g/mol. The molecule has 1 aliphatic carbocycles. The van der Waals surface area contributed by atoms with Crippen molar-refractivity contribution in [2.75, 3.05) is 25.5 Å². The van der Waals surface area contributed by atoms with Gasteiger partial charge in [0.15, 0.2) is 0 Å². The summed E-state index contributed by atoms with van der Waals surface area (Å²) in [5, 5.41) is 23.2. The number of nitrogens with one attached hydrogen (secondary N) is 1. The molecule has 7 heteroatoms. The molecule has 0 saturated heterocycles. The predicted molar refractivity (Wildman–Crippen MR) is 78.9 cm³/mol. The van der Waals surface area contributed by atoms with Crippen molar-refractivity contribution in [3.8, 4) is 0 Å². The van der Waals surface area contributed by atoms with Crippen molar-refractivity contribution in [3.05, 3.63) is 33.4 Å². The molecule has 1 saturated carbocycles. The Labute approximate surface area is 122 Å². The Kier molecular flexibility index (Phi) is 4.42. The fourth-order valence-corrected chi connectivity index (χ4v) is 2.26. The number of carboxylic acids is 1. The van der Waals surface area contributed by atoms with Gasteiger partial charge in [0.25, 0.3) is 5.69 Å². The Hall–Kier alpha value is -2.15. The smallest absolute Gasteiger partial charge is 0.336 e. The monoisotopic (exact) mass is 293 g/mol. The number of carboxylic acid groups (broad SMARTS) is 1. The van der Waals surface area contributed by atoms with E-state index in [2.05, 4.69) is 10.2 Å². The maximum atomic E-state index is 11.1. The largest absolute Gasteiger partial charge is 0.478 e. The van der Waals surface area contributed by atoms with Crippen LogP contribution in [-0.4, -0.2) is 47.1 Å². The predicted octanol–water partition coefficient (Wildman–Crippen LogP) is 2.11. The molecule has 2 rings (SSSR count). The summed E-state index contributed by atoms with van der Waals surface area (Å²) in [6, 6.07) is 3.19. The Morgan fingerprint density at radius 1 is 1.52 bits per heavy atom. The molecule has 0 heterocycles. The number of carbonyl (C=O) groups is 1. The van der Waals surface area contributed by atoms with Crippen molar-refractivity contribution in [2.24, 2.45) is 0 Å². The second-order valence-electron chi connectivity index (χ2n) is 5.37. The summed E-state index contributed by atoms with van der Waals surface area (Å²) in [4.78, 5) is 23.7. The van der Waals surface area contributed by atoms with E-state index in [1.807, 2.05) is 7.05 Å². The molecular formula is C14H19N3O4. The molecule has 7 nitrogen and oxygen atoms in total. The van der Waals surface area contributed by atoms with Crippen LogP contribution in [0.1, 0.15) is 28.8 Å². The normalized spacial score (nSPS) is 14.2. The number of hydrogen-bond donors (Lipinski definition) is 2. The van der Waals surface area contributed by atoms with Gasteiger partial charge in [-0.05, 0) is 32.9 Å². The van der Waals surface area contributed by atoms with Gasteiger partial charge in [0.05, 0.1) is 10.5 Å². The molecule has 114 valence electrons. The summed E-state index contributed by atoms with van der Waals surface area (Å²) in [6.45, 7) is 3.06. The lowest BCUT2D eigenvalue weighted by Gasteiger charge is -2.17. The molecule has 0 aromatic heterocycles. The third-order valence-corrected chi connectivity index (χ3v) is 3.77. The van der Waals surface area contributed by atoms with Crippen LogP contribution in [-0.2, 0) is 0 Å². The second-order valence-corrected chi connectivity index (χ2v) is 5.37. The zero-order chi connectivity index (χ0) is 15.6. The van der Waals surface area contributed by atoms with Crippen LogP contribution < -0.4 is 5.32 Å². The average molecular weight is 293 g/mol. The van der Waals surface area contributed by atoms with Crippen LogP contribution >= 0.6 is 0 Å². The first-order chi connectivity index (χ1) is 9.90. The van der Waals surface area contributed by atoms with Crippen molar-refractivity contribution in [2.45, 2.75) is 25.8 Å². The highest BCUT2D eigenvalue weighted by molar-refractivity contribution is 5.90. The Bertz CT molecular complexity index is 570. The summed E-state index contributed by atoms with van der Waals surface area (Å²) in [5.41, 5.74) is 0.711. The van der Waals surface area contributed by atoms with Gasteiger partial charge in [-0.15, -0.1) is 0 Å². The molecule has 1 aromatic rings. The van der Waals surface area contributed by atoms with Crippen molar-refractivity contribution in [3.63, 3.8) is 0 Å². The van der Waals surface area contributed by atoms with E-state index in [0.29, 0.717) is 23.8 Å². The summed E-state index contributed by atoms with van der Waals surface area (Å²) in [7, 11) is 2.04. The number of nitrogens with zero attached hydrogens (tertiary/aromatic N) is 2. The van der Waals surface area contributed by atoms with Crippen LogP contribution in [0.25, 0.3) is 0 Å². The van der Waals surface area contributed by atoms with Crippen LogP contribution in [0.3, 0.4) is 0 Å². The number of anilines is 1. The Balaban J connectivity index is 2.12. The number of benzene rings is 1. The SMILES string of the molecule is Cc1c(NCCN(C)C2CC2)cc(C(=O)O)cc1[N+](=O)[O-]. The van der Waals surface area contributed by atoms with Gasteiger partial charge in [-0.1, -0.05) is 0 Å². The molecule has 1 aliphatic rings. The van der Waals surface area contributed by atoms with E-state index in [1.165, 1.54) is 18.9 Å². The minimum atomic E-state index is -1.17. The van der Waals surface area contributed by atoms with Crippen molar-refractivity contribution in [1.82, 2.24) is 4.90 Å². The molecule has 0 bridgehead atoms. The molecule has 0 spiro atoms. The van der Waals surface area contributed by atoms with E-state index in [9.17, 15) is 14.9 Å². The van der Waals surface area contributed by atoms with Gasteiger partial charge in [0.1, 0.15) is 0 Å². The van der Waals surface area contributed by atoms with Gasteiger partial charge in [-0.2, -0.15) is 0 Å². The fraction of sp³-hybridized carbons (Fsp3) is 0.500. The van der Waals surface area contributed by atoms with Gasteiger partial charge >= 0.3 is 5.97 Å². The number of hydrogen-bond acceptors (Lipinski definition) is 5. The van der Waals surface area contributed by atoms with E-state index in [4.69, 9.17) is 5.11 Å². The van der Waals surface area contributed by atoms with Crippen LogP contribution in [0.2, 0.25) is 0 Å². The standard InChI is InChI=1S/C14H19N3O4/c1-9-12(15-5-6-16(2)11-3-4-11)7-10(14(18)19)8-13(9)17(20)21/h7-8,11,15H,3-6H2,1-2H3,(H,18,19). The van der Waals surface area contributed by atoms with Gasteiger partial charge in [-0.3, -0.25) is 10.1 Å². The highest BCUT2D eigenvalue weighted by Gasteiger charge is 2.25. The maximum Gasteiger partial charge on any atom is 0.336 e. The van der Waals surface area contributed by atoms with Crippen molar-refractivity contribution in [1.29, 1.82) is 0 Å². The Morgan fingerprint density at radius 3 is 2.71 bits per heavy atom. The molecule has 0 amide bonds. The fourth-order valence-electron chi connectivity index (χ4n) is 2.26. The maximum absolute atomic E-state index is 11.1. The summed E-state index contributed by atoms with van der Waals surface area (Å²) in [6.07, 6.45) is 2.44. The van der Waals surface area contributed by atoms with Crippen LogP contribution in [0, 0.1) is 17.0 Å². The molecule has 0 aliphatic heterocycles. The van der Waals surface area contributed by atoms with Gasteiger partial charge in [0.2, 0.25) is 0 Å². The Morgan fingerprint density at radius 2 is 2.19 bits per heavy atom. The molecule has 1 aromatic carbocycles. The van der Waals surface area contributed by atoms with Gasteiger partial charge < -0.3 is 15.3 Å². The van der Waals surface area contributed by atoms with E-state index >= 15 is 0 Å². The number of aromatic carboxylic acids is 1. The van der Waals surface area contributed by atoms with Gasteiger partial charge in [0, 0.05) is 36.4 Å². The first kappa shape index (κ1) is 15.2. The number of likely N-dealkylation sites (N-methyl/N-ethyl adjacent to an activating group) is 1. The van der Waals surface area contributed by atoms with E-state index in [1.54, 1.807) is 6.92 Å². The molecule has 1 fully saturated rings. The quantitative estimate of drug-likeness (QED) is 0.590. The summed E-state index contributed by atoms with van der Waals surface area (Å²) >= 11 is 0. The first-order valence-corrected chi connectivity index (χ1v) is 6.86. The molecule has 21 heavy (non-hydrogen) atoms. The summed E-state index contributed by atoms with van der Waals surface area (Å²) < 4.78 is 0. The third-order valence-electron chi connectivity index (χ3n) is 3.77. The second kappa shape index (κ2) is 6.09. The lowest BCUT2D eigenvalue weighted by Crippen LogP contribution is -2.27. The zero-order valence-electron chi connectivity index (χ0n) is 12.1. The van der Waals surface area contributed by atoms with Crippen molar-refractivity contribution < 1.29 is 14.8 Å². The highest BCUT2D eigenvalue weighted by atomic mass is 16.6. The highest BCUT2D eigenvalue weighted by Crippen LogP contribution is 2.28. The molecule has 0 radical (unpaired) electrons. The van der Waals surface area contributed by atoms with Gasteiger partial charge in [-0.25, -0.2) is 4.79 Å². The molecule has 0 atom stereocenters. The van der Waals surface area contributed by atoms with E-state index in [0.717, 1.165) is 12.6 Å². The number of rotatable bonds is 7. The topological polar surface area (TPSA) is 95.7 Å². The zero-order valence-corrected chi connectivity index (χ0v) is 12.1. The minimum Gasteiger partial charge on any atom is -0.478 e. The van der Waals surface area contributed by atoms with Crippen molar-refractivity contribution >= 4 is 17.3 Å². The van der Waals surface area contributed by atoms with Crippen LogP contribution in [0.5, 0.6) is 0 Å². The lowest BCUT2D eigenvalue weighted by atomic mass is 10.1. The third kappa shape index (κ3) is 3.69. The minimum absolute atomic E-state index is 0.0784. The molecule has 2 N–H and O–H groups in total. The van der Waals surface area contributed by atoms with Crippen LogP contribution in [0.15, 0.2) is 12.1 Å². The molecule has 0 unspecified atom stereocenters. The summed E-state index contributed by atoms with van der Waals surface area (Å²) in [5.74, 6) is -1.17. The first-order valence-electron chi connectivity index (χ1n) is 6.86.